The van der Waals surface area contributed by atoms with Gasteiger partial charge in [-0.05, 0) is 49.7 Å². The van der Waals surface area contributed by atoms with E-state index >= 15 is 0 Å². The molecule has 0 N–H and O–H groups in total. The minimum Gasteiger partial charge on any atom is -0.294 e. The van der Waals surface area contributed by atoms with Gasteiger partial charge < -0.3 is 0 Å². The van der Waals surface area contributed by atoms with Crippen LogP contribution >= 0.6 is 23.4 Å². The quantitative estimate of drug-likeness (QED) is 0.314. The molecule has 0 aliphatic carbocycles. The minimum absolute atomic E-state index is 0.00242. The molecule has 9 heteroatoms. The fourth-order valence-corrected chi connectivity index (χ4v) is 3.98. The SMILES string of the molecule is CC(=O)c1cn(-c2ccc([N+](=O)[O-])cc2Cl)c(=O)c(Sc2ccc(F)cc2)c1C. The molecule has 0 saturated carbocycles. The highest BCUT2D eigenvalue weighted by Crippen LogP contribution is 2.31. The molecule has 148 valence electrons. The van der Waals surface area contributed by atoms with Gasteiger partial charge in [-0.2, -0.15) is 0 Å². The minimum atomic E-state index is -0.593. The van der Waals surface area contributed by atoms with Crippen molar-refractivity contribution >= 4 is 34.8 Å². The van der Waals surface area contributed by atoms with Crippen molar-refractivity contribution in [2.24, 2.45) is 0 Å². The fourth-order valence-electron chi connectivity index (χ4n) is 2.76. The van der Waals surface area contributed by atoms with Gasteiger partial charge in [0.05, 0.1) is 20.5 Å². The number of pyridine rings is 1. The van der Waals surface area contributed by atoms with E-state index in [1.165, 1.54) is 54.1 Å². The van der Waals surface area contributed by atoms with Crippen molar-refractivity contribution in [3.05, 3.63) is 91.1 Å². The molecule has 1 aromatic heterocycles. The Morgan fingerprint density at radius 2 is 1.86 bits per heavy atom. The average Bonchev–Trinajstić information content (AvgIpc) is 2.67. The third kappa shape index (κ3) is 4.23. The Bertz CT molecular complexity index is 1190. The second-order valence-corrected chi connectivity index (χ2v) is 7.67. The Balaban J connectivity index is 2.22. The highest BCUT2D eigenvalue weighted by molar-refractivity contribution is 7.99. The first-order valence-electron chi connectivity index (χ1n) is 8.34. The molecule has 6 nitrogen and oxygen atoms in total. The lowest BCUT2D eigenvalue weighted by Gasteiger charge is -2.15. The Labute approximate surface area is 174 Å². The second kappa shape index (κ2) is 8.18. The van der Waals surface area contributed by atoms with Crippen molar-refractivity contribution in [1.29, 1.82) is 0 Å². The van der Waals surface area contributed by atoms with Crippen molar-refractivity contribution in [2.75, 3.05) is 0 Å². The molecule has 1 heterocycles. The number of Topliss-reactive ketones (excluding diaryl/α,β-unsaturated/α-hetero) is 1. The maximum absolute atomic E-state index is 13.2. The summed E-state index contributed by atoms with van der Waals surface area (Å²) in [6.45, 7) is 3.03. The number of nitro benzene ring substituents is 1. The van der Waals surface area contributed by atoms with Crippen LogP contribution in [0.1, 0.15) is 22.8 Å². The summed E-state index contributed by atoms with van der Waals surface area (Å²) in [5.74, 6) is -0.658. The molecule has 0 fully saturated rings. The van der Waals surface area contributed by atoms with Crippen LogP contribution in [0, 0.1) is 22.9 Å². The van der Waals surface area contributed by atoms with Crippen LogP contribution in [0.3, 0.4) is 0 Å². The number of halogens is 2. The van der Waals surface area contributed by atoms with Crippen LogP contribution in [0.15, 0.2) is 63.2 Å². The van der Waals surface area contributed by atoms with Crippen LogP contribution < -0.4 is 5.56 Å². The van der Waals surface area contributed by atoms with E-state index in [0.717, 1.165) is 17.8 Å². The number of carbonyl (C=O) groups excluding carboxylic acids is 1. The summed E-state index contributed by atoms with van der Waals surface area (Å²) in [4.78, 5) is 36.6. The number of ketones is 1. The standard InChI is InChI=1S/C20H14ClFN2O4S/c1-11-16(12(2)25)10-23(18-8-5-14(24(27)28)9-17(18)21)20(26)19(11)29-15-6-3-13(22)4-7-15/h3-10H,1-2H3. The number of nitro groups is 1. The Morgan fingerprint density at radius 3 is 2.41 bits per heavy atom. The van der Waals surface area contributed by atoms with Gasteiger partial charge in [0.1, 0.15) is 5.82 Å². The normalized spacial score (nSPS) is 10.8. The predicted molar refractivity (Wildman–Crippen MR) is 109 cm³/mol. The van der Waals surface area contributed by atoms with Crippen molar-refractivity contribution in [3.63, 3.8) is 0 Å². The van der Waals surface area contributed by atoms with Gasteiger partial charge in [-0.3, -0.25) is 24.3 Å². The molecular weight excluding hydrogens is 419 g/mol. The molecular formula is C20H14ClFN2O4S. The molecule has 0 spiro atoms. The van der Waals surface area contributed by atoms with E-state index in [0.29, 0.717) is 16.0 Å². The molecule has 3 rings (SSSR count). The van der Waals surface area contributed by atoms with Crippen LogP contribution in [0.2, 0.25) is 5.02 Å². The van der Waals surface area contributed by atoms with Crippen molar-refractivity contribution in [1.82, 2.24) is 4.57 Å². The summed E-state index contributed by atoms with van der Waals surface area (Å²) < 4.78 is 14.4. The number of carbonyl (C=O) groups is 1. The molecule has 0 unspecified atom stereocenters. The molecule has 0 aliphatic rings. The molecule has 0 amide bonds. The summed E-state index contributed by atoms with van der Waals surface area (Å²) in [6.07, 6.45) is 1.38. The first-order valence-corrected chi connectivity index (χ1v) is 9.53. The highest BCUT2D eigenvalue weighted by atomic mass is 35.5. The third-order valence-electron chi connectivity index (χ3n) is 4.23. The van der Waals surface area contributed by atoms with E-state index in [1.807, 2.05) is 0 Å². The molecule has 0 aliphatic heterocycles. The summed E-state index contributed by atoms with van der Waals surface area (Å²) in [5, 5.41) is 10.9. The zero-order valence-corrected chi connectivity index (χ0v) is 16.9. The summed E-state index contributed by atoms with van der Waals surface area (Å²) in [6, 6.07) is 9.34. The predicted octanol–water partition coefficient (Wildman–Crippen LogP) is 5.20. The van der Waals surface area contributed by atoms with Gasteiger partial charge in [0.25, 0.3) is 11.2 Å². The zero-order chi connectivity index (χ0) is 21.3. The van der Waals surface area contributed by atoms with Gasteiger partial charge in [0, 0.05) is 28.8 Å². The largest absolute Gasteiger partial charge is 0.294 e. The Hall–Kier alpha value is -2.97. The van der Waals surface area contributed by atoms with E-state index < -0.39 is 16.3 Å². The van der Waals surface area contributed by atoms with E-state index in [2.05, 4.69) is 0 Å². The zero-order valence-electron chi connectivity index (χ0n) is 15.3. The maximum atomic E-state index is 13.2. The van der Waals surface area contributed by atoms with Gasteiger partial charge in [-0.25, -0.2) is 4.39 Å². The molecule has 3 aromatic rings. The van der Waals surface area contributed by atoms with Gasteiger partial charge in [-0.15, -0.1) is 0 Å². The number of non-ortho nitro benzene ring substituents is 1. The summed E-state index contributed by atoms with van der Waals surface area (Å²) in [5.41, 5.74) is 0.352. The molecule has 0 bridgehead atoms. The van der Waals surface area contributed by atoms with Crippen LogP contribution in [0.5, 0.6) is 0 Å². The summed E-state index contributed by atoms with van der Waals surface area (Å²) >= 11 is 7.28. The van der Waals surface area contributed by atoms with Crippen molar-refractivity contribution in [2.45, 2.75) is 23.6 Å². The Morgan fingerprint density at radius 1 is 1.21 bits per heavy atom. The number of aromatic nitrogens is 1. The average molecular weight is 433 g/mol. The fraction of sp³-hybridized carbons (Fsp3) is 0.100. The second-order valence-electron chi connectivity index (χ2n) is 6.18. The monoisotopic (exact) mass is 432 g/mol. The van der Waals surface area contributed by atoms with Crippen molar-refractivity contribution < 1.29 is 14.1 Å². The van der Waals surface area contributed by atoms with E-state index in [-0.39, 0.29) is 27.1 Å². The third-order valence-corrected chi connectivity index (χ3v) is 5.73. The molecule has 2 aromatic carbocycles. The number of rotatable bonds is 5. The lowest BCUT2D eigenvalue weighted by molar-refractivity contribution is -0.384. The van der Waals surface area contributed by atoms with Gasteiger partial charge >= 0.3 is 0 Å². The van der Waals surface area contributed by atoms with E-state index in [4.69, 9.17) is 11.6 Å². The van der Waals surface area contributed by atoms with Crippen LogP contribution in [-0.2, 0) is 0 Å². The number of benzene rings is 2. The van der Waals surface area contributed by atoms with E-state index in [1.54, 1.807) is 6.92 Å². The van der Waals surface area contributed by atoms with Crippen LogP contribution in [0.4, 0.5) is 10.1 Å². The van der Waals surface area contributed by atoms with Gasteiger partial charge in [0.2, 0.25) is 0 Å². The lowest BCUT2D eigenvalue weighted by Crippen LogP contribution is -2.23. The molecule has 0 atom stereocenters. The number of hydrogen-bond donors (Lipinski definition) is 0. The van der Waals surface area contributed by atoms with Crippen molar-refractivity contribution in [3.8, 4) is 5.69 Å². The van der Waals surface area contributed by atoms with Gasteiger partial charge in [0.15, 0.2) is 5.78 Å². The van der Waals surface area contributed by atoms with Gasteiger partial charge in [-0.1, -0.05) is 23.4 Å². The van der Waals surface area contributed by atoms with E-state index in [9.17, 15) is 24.1 Å². The molecule has 29 heavy (non-hydrogen) atoms. The first-order chi connectivity index (χ1) is 13.7. The molecule has 0 radical (unpaired) electrons. The first kappa shape index (κ1) is 20.8. The number of hydrogen-bond acceptors (Lipinski definition) is 5. The topological polar surface area (TPSA) is 82.2 Å². The smallest absolute Gasteiger partial charge is 0.271 e. The number of nitrogens with zero attached hydrogens (tertiary/aromatic N) is 2. The molecule has 0 saturated heterocycles. The lowest BCUT2D eigenvalue weighted by atomic mass is 10.1. The highest BCUT2D eigenvalue weighted by Gasteiger charge is 2.19. The maximum Gasteiger partial charge on any atom is 0.271 e. The Kier molecular flexibility index (Phi) is 5.86. The summed E-state index contributed by atoms with van der Waals surface area (Å²) in [7, 11) is 0. The van der Waals surface area contributed by atoms with Crippen LogP contribution in [0.25, 0.3) is 5.69 Å². The van der Waals surface area contributed by atoms with Crippen LogP contribution in [-0.4, -0.2) is 15.3 Å².